The third-order valence-corrected chi connectivity index (χ3v) is 4.38. The fraction of sp³-hybridized carbons (Fsp3) is 0.533. The fourth-order valence-electron chi connectivity index (χ4n) is 3.48. The van der Waals surface area contributed by atoms with E-state index >= 15 is 0 Å². The van der Waals surface area contributed by atoms with Gasteiger partial charge in [0.25, 0.3) is 0 Å². The lowest BCUT2D eigenvalue weighted by Crippen LogP contribution is -2.33. The number of rotatable bonds is 3. The van der Waals surface area contributed by atoms with Crippen molar-refractivity contribution in [1.82, 2.24) is 5.32 Å². The van der Waals surface area contributed by atoms with Crippen LogP contribution in [0.15, 0.2) is 30.3 Å². The van der Waals surface area contributed by atoms with Gasteiger partial charge in [-0.1, -0.05) is 36.8 Å². The monoisotopic (exact) mass is 229 g/mol. The molecule has 2 bridgehead atoms. The minimum Gasteiger partial charge on any atom is -0.352 e. The van der Waals surface area contributed by atoms with Crippen LogP contribution >= 0.6 is 0 Å². The average molecular weight is 229 g/mol. The maximum atomic E-state index is 12.1. The zero-order chi connectivity index (χ0) is 11.7. The van der Waals surface area contributed by atoms with E-state index in [1.54, 1.807) is 0 Å². The summed E-state index contributed by atoms with van der Waals surface area (Å²) in [5, 5.41) is 3.09. The molecule has 2 fully saturated rings. The first-order valence-corrected chi connectivity index (χ1v) is 6.64. The molecule has 2 aliphatic rings. The highest BCUT2D eigenvalue weighted by molar-refractivity contribution is 5.79. The van der Waals surface area contributed by atoms with Crippen LogP contribution in [0.3, 0.4) is 0 Å². The highest BCUT2D eigenvalue weighted by Crippen LogP contribution is 2.48. The Bertz CT molecular complexity index is 401. The molecule has 2 aliphatic carbocycles. The predicted molar refractivity (Wildman–Crippen MR) is 67.2 cm³/mol. The van der Waals surface area contributed by atoms with Gasteiger partial charge < -0.3 is 5.32 Å². The van der Waals surface area contributed by atoms with Crippen molar-refractivity contribution < 1.29 is 4.79 Å². The van der Waals surface area contributed by atoms with E-state index in [9.17, 15) is 4.79 Å². The summed E-state index contributed by atoms with van der Waals surface area (Å²) >= 11 is 0. The van der Waals surface area contributed by atoms with Gasteiger partial charge in [-0.2, -0.15) is 0 Å². The van der Waals surface area contributed by atoms with E-state index in [4.69, 9.17) is 0 Å². The minimum atomic E-state index is 0.279. The molecule has 0 aliphatic heterocycles. The molecule has 0 heterocycles. The Labute approximate surface area is 102 Å². The second-order valence-corrected chi connectivity index (χ2v) is 5.48. The zero-order valence-corrected chi connectivity index (χ0v) is 10.1. The summed E-state index contributed by atoms with van der Waals surface area (Å²) in [6, 6.07) is 10.1. The van der Waals surface area contributed by atoms with Gasteiger partial charge in [-0.05, 0) is 36.7 Å². The molecule has 0 spiro atoms. The molecule has 1 amide bonds. The van der Waals surface area contributed by atoms with Crippen molar-refractivity contribution in [3.05, 3.63) is 35.9 Å². The molecule has 1 aromatic rings. The van der Waals surface area contributed by atoms with Crippen LogP contribution in [0.2, 0.25) is 0 Å². The molecule has 2 saturated carbocycles. The highest BCUT2D eigenvalue weighted by Gasteiger charge is 2.42. The van der Waals surface area contributed by atoms with Crippen molar-refractivity contribution in [2.45, 2.75) is 32.2 Å². The van der Waals surface area contributed by atoms with Gasteiger partial charge in [0.15, 0.2) is 0 Å². The summed E-state index contributed by atoms with van der Waals surface area (Å²) in [6.45, 7) is 0.674. The summed E-state index contributed by atoms with van der Waals surface area (Å²) in [5.41, 5.74) is 1.18. The van der Waals surface area contributed by atoms with Crippen LogP contribution in [-0.2, 0) is 11.3 Å². The molecule has 1 unspecified atom stereocenters. The molecular weight excluding hydrogens is 210 g/mol. The molecule has 17 heavy (non-hydrogen) atoms. The molecular formula is C15H19NO. The topological polar surface area (TPSA) is 29.1 Å². The van der Waals surface area contributed by atoms with Crippen molar-refractivity contribution in [1.29, 1.82) is 0 Å². The van der Waals surface area contributed by atoms with Crippen molar-refractivity contribution in [2.24, 2.45) is 17.8 Å². The van der Waals surface area contributed by atoms with E-state index in [0.717, 1.165) is 12.3 Å². The Morgan fingerprint density at radius 3 is 2.65 bits per heavy atom. The van der Waals surface area contributed by atoms with Gasteiger partial charge in [-0.15, -0.1) is 0 Å². The van der Waals surface area contributed by atoms with E-state index in [0.29, 0.717) is 18.4 Å². The predicted octanol–water partition coefficient (Wildman–Crippen LogP) is 2.74. The van der Waals surface area contributed by atoms with Gasteiger partial charge >= 0.3 is 0 Å². The molecule has 2 heteroatoms. The van der Waals surface area contributed by atoms with Crippen LogP contribution in [-0.4, -0.2) is 5.91 Å². The van der Waals surface area contributed by atoms with E-state index < -0.39 is 0 Å². The molecule has 3 atom stereocenters. The number of hydrogen-bond donors (Lipinski definition) is 1. The Balaban J connectivity index is 1.54. The summed E-state index contributed by atoms with van der Waals surface area (Å²) < 4.78 is 0. The van der Waals surface area contributed by atoms with Gasteiger partial charge in [-0.25, -0.2) is 0 Å². The summed E-state index contributed by atoms with van der Waals surface area (Å²) in [4.78, 5) is 12.1. The Morgan fingerprint density at radius 2 is 2.00 bits per heavy atom. The lowest BCUT2D eigenvalue weighted by molar-refractivity contribution is -0.126. The average Bonchev–Trinajstić information content (AvgIpc) is 2.99. The van der Waals surface area contributed by atoms with Crippen molar-refractivity contribution >= 4 is 5.91 Å². The first kappa shape index (κ1) is 10.8. The van der Waals surface area contributed by atoms with Crippen molar-refractivity contribution in [3.63, 3.8) is 0 Å². The number of benzene rings is 1. The van der Waals surface area contributed by atoms with Gasteiger partial charge in [0.1, 0.15) is 0 Å². The van der Waals surface area contributed by atoms with E-state index in [1.165, 1.54) is 24.8 Å². The Hall–Kier alpha value is -1.31. The Kier molecular flexibility index (Phi) is 2.87. The van der Waals surface area contributed by atoms with Gasteiger partial charge in [0.2, 0.25) is 5.91 Å². The number of hydrogen-bond acceptors (Lipinski definition) is 1. The summed E-state index contributed by atoms with van der Waals surface area (Å²) in [7, 11) is 0. The number of nitrogens with one attached hydrogen (secondary N) is 1. The maximum Gasteiger partial charge on any atom is 0.223 e. The van der Waals surface area contributed by atoms with Crippen molar-refractivity contribution in [2.75, 3.05) is 0 Å². The standard InChI is InChI=1S/C15H19NO/c17-15(14-9-12-6-7-13(14)8-12)16-10-11-4-2-1-3-5-11/h1-5,12-14H,6-10H2,(H,16,17)/t12?,13-,14+/m1/s1. The van der Waals surface area contributed by atoms with Crippen LogP contribution in [0.1, 0.15) is 31.2 Å². The smallest absolute Gasteiger partial charge is 0.223 e. The molecule has 2 nitrogen and oxygen atoms in total. The lowest BCUT2D eigenvalue weighted by atomic mass is 9.88. The summed E-state index contributed by atoms with van der Waals surface area (Å²) in [5.74, 6) is 2.10. The van der Waals surface area contributed by atoms with Gasteiger partial charge in [0.05, 0.1) is 0 Å². The molecule has 0 aromatic heterocycles. The van der Waals surface area contributed by atoms with Gasteiger partial charge in [-0.3, -0.25) is 4.79 Å². The second kappa shape index (κ2) is 4.52. The molecule has 0 radical (unpaired) electrons. The third kappa shape index (κ3) is 2.21. The van der Waals surface area contributed by atoms with Crippen LogP contribution < -0.4 is 5.32 Å². The van der Waals surface area contributed by atoms with Crippen LogP contribution in [0, 0.1) is 17.8 Å². The van der Waals surface area contributed by atoms with E-state index in [1.807, 2.05) is 18.2 Å². The van der Waals surface area contributed by atoms with Crippen LogP contribution in [0.5, 0.6) is 0 Å². The van der Waals surface area contributed by atoms with E-state index in [2.05, 4.69) is 17.4 Å². The molecule has 90 valence electrons. The van der Waals surface area contributed by atoms with Crippen molar-refractivity contribution in [3.8, 4) is 0 Å². The third-order valence-electron chi connectivity index (χ3n) is 4.38. The quantitative estimate of drug-likeness (QED) is 0.848. The first-order chi connectivity index (χ1) is 8.33. The molecule has 1 aromatic carbocycles. The van der Waals surface area contributed by atoms with Crippen LogP contribution in [0.25, 0.3) is 0 Å². The number of carbonyl (C=O) groups is 1. The fourth-order valence-corrected chi connectivity index (χ4v) is 3.48. The molecule has 3 rings (SSSR count). The van der Waals surface area contributed by atoms with Crippen LogP contribution in [0.4, 0.5) is 0 Å². The first-order valence-electron chi connectivity index (χ1n) is 6.64. The number of amides is 1. The number of fused-ring (bicyclic) bond motifs is 2. The Morgan fingerprint density at radius 1 is 1.18 bits per heavy atom. The molecule has 1 N–H and O–H groups in total. The van der Waals surface area contributed by atoms with E-state index in [-0.39, 0.29) is 5.91 Å². The normalized spacial score (nSPS) is 30.5. The summed E-state index contributed by atoms with van der Waals surface area (Å²) in [6.07, 6.45) is 5.05. The molecule has 0 saturated heterocycles. The maximum absolute atomic E-state index is 12.1. The number of carbonyl (C=O) groups excluding carboxylic acids is 1. The largest absolute Gasteiger partial charge is 0.352 e. The zero-order valence-electron chi connectivity index (χ0n) is 10.1. The highest BCUT2D eigenvalue weighted by atomic mass is 16.1. The SMILES string of the molecule is O=C(NCc1ccccc1)[C@H]1CC2CC[C@@H]1C2. The minimum absolute atomic E-state index is 0.279. The lowest BCUT2D eigenvalue weighted by Gasteiger charge is -2.20. The van der Waals surface area contributed by atoms with Gasteiger partial charge in [0, 0.05) is 12.5 Å². The second-order valence-electron chi connectivity index (χ2n) is 5.48.